The Morgan fingerprint density at radius 3 is 2.43 bits per heavy atom. The van der Waals surface area contributed by atoms with Crippen LogP contribution in [-0.2, 0) is 18.4 Å². The molecule has 3 rings (SSSR count). The fraction of sp³-hybridized carbons (Fsp3) is 0.368. The van der Waals surface area contributed by atoms with Gasteiger partial charge < -0.3 is 10.6 Å². The Kier molecular flexibility index (Phi) is 3.40. The van der Waals surface area contributed by atoms with Crippen molar-refractivity contribution in [3.63, 3.8) is 0 Å². The molecule has 21 heavy (non-hydrogen) atoms. The Morgan fingerprint density at radius 1 is 1.05 bits per heavy atom. The van der Waals surface area contributed by atoms with Gasteiger partial charge in [-0.3, -0.25) is 0 Å². The van der Waals surface area contributed by atoms with Gasteiger partial charge in [0, 0.05) is 24.5 Å². The van der Waals surface area contributed by atoms with Gasteiger partial charge in [0.15, 0.2) is 0 Å². The number of nitrogens with zero attached hydrogens (tertiary/aromatic N) is 1. The zero-order valence-corrected chi connectivity index (χ0v) is 13.2. The largest absolute Gasteiger partial charge is 0.399 e. The van der Waals surface area contributed by atoms with E-state index >= 15 is 0 Å². The van der Waals surface area contributed by atoms with Crippen LogP contribution in [0, 0.1) is 0 Å². The molecule has 0 saturated carbocycles. The van der Waals surface area contributed by atoms with Crippen LogP contribution >= 0.6 is 0 Å². The molecule has 1 aliphatic rings. The number of hydrogen-bond donors (Lipinski definition) is 1. The fourth-order valence-corrected chi connectivity index (χ4v) is 2.96. The van der Waals surface area contributed by atoms with Gasteiger partial charge in [-0.25, -0.2) is 0 Å². The monoisotopic (exact) mass is 280 g/mol. The number of hydrogen-bond acceptors (Lipinski definition) is 2. The van der Waals surface area contributed by atoms with Gasteiger partial charge in [-0.2, -0.15) is 0 Å². The predicted molar refractivity (Wildman–Crippen MR) is 90.8 cm³/mol. The quantitative estimate of drug-likeness (QED) is 0.838. The molecule has 0 saturated heterocycles. The molecule has 2 aromatic rings. The summed E-state index contributed by atoms with van der Waals surface area (Å²) in [4.78, 5) is 2.43. The van der Waals surface area contributed by atoms with Crippen LogP contribution < -0.4 is 10.6 Å². The van der Waals surface area contributed by atoms with Gasteiger partial charge in [0.1, 0.15) is 0 Å². The molecule has 2 nitrogen and oxygen atoms in total. The number of anilines is 2. The lowest BCUT2D eigenvalue weighted by Crippen LogP contribution is -2.20. The summed E-state index contributed by atoms with van der Waals surface area (Å²) >= 11 is 0. The van der Waals surface area contributed by atoms with E-state index in [9.17, 15) is 0 Å². The van der Waals surface area contributed by atoms with Crippen molar-refractivity contribution in [2.75, 3.05) is 17.2 Å². The third-order valence-corrected chi connectivity index (χ3v) is 4.29. The lowest BCUT2D eigenvalue weighted by atomic mass is 9.87. The van der Waals surface area contributed by atoms with Crippen molar-refractivity contribution in [3.05, 3.63) is 59.2 Å². The maximum absolute atomic E-state index is 5.93. The second-order valence-electron chi connectivity index (χ2n) is 7.01. The molecule has 0 aliphatic carbocycles. The third-order valence-electron chi connectivity index (χ3n) is 4.29. The first-order valence-electron chi connectivity index (χ1n) is 7.66. The van der Waals surface area contributed by atoms with E-state index in [0.717, 1.165) is 25.2 Å². The van der Waals surface area contributed by atoms with Crippen LogP contribution in [0.4, 0.5) is 11.4 Å². The number of nitrogen functional groups attached to an aromatic ring is 1. The van der Waals surface area contributed by atoms with Crippen LogP contribution in [0.15, 0.2) is 42.5 Å². The third kappa shape index (κ3) is 2.90. The maximum atomic E-state index is 5.93. The van der Waals surface area contributed by atoms with Crippen LogP contribution in [0.3, 0.4) is 0 Å². The first-order valence-corrected chi connectivity index (χ1v) is 7.66. The fourth-order valence-electron chi connectivity index (χ4n) is 2.96. The highest BCUT2D eigenvalue weighted by Gasteiger charge is 2.19. The summed E-state index contributed by atoms with van der Waals surface area (Å²) in [5.41, 5.74) is 12.5. The molecule has 0 unspecified atom stereocenters. The smallest absolute Gasteiger partial charge is 0.0429 e. The number of nitrogens with two attached hydrogens (primary N) is 1. The van der Waals surface area contributed by atoms with Crippen LogP contribution in [0.2, 0.25) is 0 Å². The summed E-state index contributed by atoms with van der Waals surface area (Å²) in [7, 11) is 0. The summed E-state index contributed by atoms with van der Waals surface area (Å²) < 4.78 is 0. The van der Waals surface area contributed by atoms with Crippen molar-refractivity contribution < 1.29 is 0 Å². The number of rotatable bonds is 2. The Hall–Kier alpha value is -1.96. The average molecular weight is 280 g/mol. The van der Waals surface area contributed by atoms with E-state index in [0.29, 0.717) is 0 Å². The molecule has 0 radical (unpaired) electrons. The normalized spacial score (nSPS) is 14.3. The van der Waals surface area contributed by atoms with Gasteiger partial charge in [-0.05, 0) is 40.7 Å². The van der Waals surface area contributed by atoms with E-state index in [1.807, 2.05) is 6.07 Å². The van der Waals surface area contributed by atoms with Gasteiger partial charge in [0.25, 0.3) is 0 Å². The lowest BCUT2D eigenvalue weighted by Gasteiger charge is -2.22. The van der Waals surface area contributed by atoms with Crippen LogP contribution in [0.25, 0.3) is 0 Å². The van der Waals surface area contributed by atoms with E-state index in [4.69, 9.17) is 5.73 Å². The number of benzene rings is 2. The topological polar surface area (TPSA) is 29.3 Å². The second-order valence-corrected chi connectivity index (χ2v) is 7.01. The summed E-state index contributed by atoms with van der Waals surface area (Å²) in [6.45, 7) is 8.80. The highest BCUT2D eigenvalue weighted by atomic mass is 15.1. The Labute approximate surface area is 127 Å². The Morgan fingerprint density at radius 2 is 1.76 bits per heavy atom. The minimum absolute atomic E-state index is 0.216. The Balaban J connectivity index is 1.78. The van der Waals surface area contributed by atoms with E-state index in [1.165, 1.54) is 22.4 Å². The second kappa shape index (κ2) is 5.10. The van der Waals surface area contributed by atoms with Crippen LogP contribution in [0.1, 0.15) is 37.5 Å². The summed E-state index contributed by atoms with van der Waals surface area (Å²) in [5, 5.41) is 0. The lowest BCUT2D eigenvalue weighted by molar-refractivity contribution is 0.590. The average Bonchev–Trinajstić information content (AvgIpc) is 2.81. The summed E-state index contributed by atoms with van der Waals surface area (Å²) in [5.74, 6) is 0. The Bertz CT molecular complexity index is 636. The van der Waals surface area contributed by atoms with Gasteiger partial charge in [0.2, 0.25) is 0 Å². The number of fused-ring (bicyclic) bond motifs is 1. The zero-order chi connectivity index (χ0) is 15.0. The molecule has 0 aromatic heterocycles. The highest BCUT2D eigenvalue weighted by molar-refractivity contribution is 5.64. The van der Waals surface area contributed by atoms with Crippen LogP contribution in [0.5, 0.6) is 0 Å². The highest BCUT2D eigenvalue weighted by Crippen LogP contribution is 2.31. The van der Waals surface area contributed by atoms with E-state index in [1.54, 1.807) is 0 Å². The first kappa shape index (κ1) is 14.0. The standard InChI is InChI=1S/C19H24N2/c1-19(2,3)16-7-4-14(5-8-16)13-21-11-10-15-6-9-17(20)12-18(15)21/h4-9,12H,10-11,13,20H2,1-3H3. The SMILES string of the molecule is CC(C)(C)c1ccc(CN2CCc3ccc(N)cc32)cc1. The maximum Gasteiger partial charge on any atom is 0.0429 e. The molecule has 110 valence electrons. The van der Waals surface area contributed by atoms with Gasteiger partial charge >= 0.3 is 0 Å². The predicted octanol–water partition coefficient (Wildman–Crippen LogP) is 4.13. The molecular weight excluding hydrogens is 256 g/mol. The molecule has 0 amide bonds. The van der Waals surface area contributed by atoms with Crippen molar-refractivity contribution in [3.8, 4) is 0 Å². The molecule has 0 atom stereocenters. The summed E-state index contributed by atoms with van der Waals surface area (Å²) in [6, 6.07) is 15.3. The minimum atomic E-state index is 0.216. The van der Waals surface area contributed by atoms with Crippen molar-refractivity contribution in [2.45, 2.75) is 39.2 Å². The molecule has 1 aliphatic heterocycles. The molecule has 1 heterocycles. The summed E-state index contributed by atoms with van der Waals surface area (Å²) in [6.07, 6.45) is 1.12. The molecule has 2 aromatic carbocycles. The van der Waals surface area contributed by atoms with Crippen LogP contribution in [-0.4, -0.2) is 6.54 Å². The molecule has 0 spiro atoms. The van der Waals surface area contributed by atoms with Crippen molar-refractivity contribution in [1.82, 2.24) is 0 Å². The van der Waals surface area contributed by atoms with Crippen molar-refractivity contribution in [1.29, 1.82) is 0 Å². The molecule has 2 heteroatoms. The van der Waals surface area contributed by atoms with E-state index < -0.39 is 0 Å². The minimum Gasteiger partial charge on any atom is -0.399 e. The van der Waals surface area contributed by atoms with Gasteiger partial charge in [-0.1, -0.05) is 51.1 Å². The van der Waals surface area contributed by atoms with Crippen molar-refractivity contribution >= 4 is 11.4 Å². The molecule has 0 bridgehead atoms. The van der Waals surface area contributed by atoms with Crippen molar-refractivity contribution in [2.24, 2.45) is 0 Å². The first-order chi connectivity index (χ1) is 9.93. The van der Waals surface area contributed by atoms with Gasteiger partial charge in [0.05, 0.1) is 0 Å². The van der Waals surface area contributed by atoms with E-state index in [-0.39, 0.29) is 5.41 Å². The van der Waals surface area contributed by atoms with Gasteiger partial charge in [-0.15, -0.1) is 0 Å². The van der Waals surface area contributed by atoms with E-state index in [2.05, 4.69) is 62.1 Å². The zero-order valence-electron chi connectivity index (χ0n) is 13.2. The molecule has 0 fully saturated rings. The molecule has 2 N–H and O–H groups in total. The molecular formula is C19H24N2.